The lowest BCUT2D eigenvalue weighted by molar-refractivity contribution is 0.00777. The van der Waals surface area contributed by atoms with Crippen molar-refractivity contribution in [2.24, 2.45) is 0 Å². The summed E-state index contributed by atoms with van der Waals surface area (Å²) in [6.45, 7) is 15.3. The maximum Gasteiger partial charge on any atom is 0.0329 e. The van der Waals surface area contributed by atoms with Crippen molar-refractivity contribution in [2.75, 3.05) is 19.6 Å². The van der Waals surface area contributed by atoms with Gasteiger partial charge in [0.2, 0.25) is 0 Å². The molecule has 0 aliphatic carbocycles. The highest BCUT2D eigenvalue weighted by Crippen LogP contribution is 2.30. The van der Waals surface area contributed by atoms with Crippen LogP contribution in [0, 0.1) is 0 Å². The van der Waals surface area contributed by atoms with Crippen LogP contribution in [0.1, 0.15) is 86.0 Å². The molecule has 0 atom stereocenters. The molecular weight excluding hydrogens is 244 g/mol. The van der Waals surface area contributed by atoms with Gasteiger partial charge in [-0.3, -0.25) is 4.90 Å². The van der Waals surface area contributed by atoms with Crippen molar-refractivity contribution >= 4 is 0 Å². The number of nitrogens with zero attached hydrogens (tertiary/aromatic N) is 1. The van der Waals surface area contributed by atoms with Crippen molar-refractivity contribution in [3.05, 3.63) is 0 Å². The van der Waals surface area contributed by atoms with Crippen LogP contribution < -0.4 is 5.32 Å². The molecule has 0 spiro atoms. The van der Waals surface area contributed by atoms with E-state index in [1.165, 1.54) is 64.5 Å². The Bertz CT molecular complexity index is 256. The Morgan fingerprint density at radius 2 is 1.50 bits per heavy atom. The number of rotatable bonds is 9. The van der Waals surface area contributed by atoms with Gasteiger partial charge < -0.3 is 5.32 Å². The van der Waals surface area contributed by atoms with Crippen molar-refractivity contribution in [3.8, 4) is 0 Å². The molecule has 0 unspecified atom stereocenters. The molecule has 120 valence electrons. The van der Waals surface area contributed by atoms with E-state index in [9.17, 15) is 0 Å². The lowest BCUT2D eigenvalue weighted by Gasteiger charge is -2.52. The van der Waals surface area contributed by atoms with Crippen LogP contribution in [-0.2, 0) is 0 Å². The lowest BCUT2D eigenvalue weighted by atomic mass is 9.84. The summed E-state index contributed by atoms with van der Waals surface area (Å²) < 4.78 is 0. The third kappa shape index (κ3) is 5.04. The molecule has 1 aliphatic rings. The minimum atomic E-state index is 0.274. The second kappa shape index (κ2) is 8.38. The predicted molar refractivity (Wildman–Crippen MR) is 90.3 cm³/mol. The van der Waals surface area contributed by atoms with E-state index < -0.39 is 0 Å². The topological polar surface area (TPSA) is 15.3 Å². The summed E-state index contributed by atoms with van der Waals surface area (Å²) in [5, 5.41) is 3.76. The Morgan fingerprint density at radius 3 is 2.10 bits per heavy atom. The van der Waals surface area contributed by atoms with Crippen LogP contribution in [0.2, 0.25) is 0 Å². The van der Waals surface area contributed by atoms with E-state index in [4.69, 9.17) is 0 Å². The fourth-order valence-electron chi connectivity index (χ4n) is 3.56. The summed E-state index contributed by atoms with van der Waals surface area (Å²) in [5.74, 6) is 0. The third-order valence-electron chi connectivity index (χ3n) is 5.25. The molecule has 0 bridgehead atoms. The van der Waals surface area contributed by atoms with Crippen molar-refractivity contribution in [1.29, 1.82) is 0 Å². The molecule has 0 saturated carbocycles. The van der Waals surface area contributed by atoms with Crippen LogP contribution in [0.4, 0.5) is 0 Å². The molecule has 20 heavy (non-hydrogen) atoms. The smallest absolute Gasteiger partial charge is 0.0329 e. The molecule has 0 aromatic rings. The number of hydrogen-bond donors (Lipinski definition) is 1. The number of piperazine rings is 1. The van der Waals surface area contributed by atoms with Gasteiger partial charge in [0.1, 0.15) is 0 Å². The highest BCUT2D eigenvalue weighted by Gasteiger charge is 2.41. The Labute approximate surface area is 127 Å². The Balaban J connectivity index is 2.44. The van der Waals surface area contributed by atoms with Crippen LogP contribution in [0.3, 0.4) is 0 Å². The van der Waals surface area contributed by atoms with E-state index in [1.54, 1.807) is 0 Å². The second-order valence-corrected chi connectivity index (χ2v) is 7.36. The molecule has 1 N–H and O–H groups in total. The van der Waals surface area contributed by atoms with Gasteiger partial charge in [-0.2, -0.15) is 0 Å². The minimum Gasteiger partial charge on any atom is -0.309 e. The van der Waals surface area contributed by atoms with E-state index in [-0.39, 0.29) is 5.54 Å². The molecular formula is C18H38N2. The largest absolute Gasteiger partial charge is 0.309 e. The van der Waals surface area contributed by atoms with E-state index in [0.717, 1.165) is 6.54 Å². The fraction of sp³-hybridized carbons (Fsp3) is 1.00. The van der Waals surface area contributed by atoms with Gasteiger partial charge in [0, 0.05) is 24.2 Å². The van der Waals surface area contributed by atoms with Gasteiger partial charge in [0.15, 0.2) is 0 Å². The summed E-state index contributed by atoms with van der Waals surface area (Å²) in [7, 11) is 0. The van der Waals surface area contributed by atoms with E-state index in [1.807, 2.05) is 0 Å². The fourth-order valence-corrected chi connectivity index (χ4v) is 3.56. The van der Waals surface area contributed by atoms with Crippen LogP contribution >= 0.6 is 0 Å². The Hall–Kier alpha value is -0.0800. The summed E-state index contributed by atoms with van der Waals surface area (Å²) in [6, 6.07) is 0. The van der Waals surface area contributed by atoms with Crippen LogP contribution in [0.5, 0.6) is 0 Å². The summed E-state index contributed by atoms with van der Waals surface area (Å²) in [5.41, 5.74) is 0.676. The van der Waals surface area contributed by atoms with Gasteiger partial charge in [0.25, 0.3) is 0 Å². The molecule has 0 aromatic heterocycles. The highest BCUT2D eigenvalue weighted by atomic mass is 15.3. The van der Waals surface area contributed by atoms with Crippen LogP contribution in [0.15, 0.2) is 0 Å². The summed E-state index contributed by atoms with van der Waals surface area (Å²) >= 11 is 0. The zero-order chi connectivity index (χ0) is 15.1. The molecule has 2 nitrogen and oxygen atoms in total. The number of nitrogens with one attached hydrogen (secondary N) is 1. The normalized spacial score (nSPS) is 22.1. The van der Waals surface area contributed by atoms with Gasteiger partial charge >= 0.3 is 0 Å². The van der Waals surface area contributed by atoms with Gasteiger partial charge in [-0.25, -0.2) is 0 Å². The number of hydrogen-bond acceptors (Lipinski definition) is 2. The van der Waals surface area contributed by atoms with E-state index in [2.05, 4.69) is 44.8 Å². The average Bonchev–Trinajstić information content (AvgIpc) is 2.43. The second-order valence-electron chi connectivity index (χ2n) is 7.36. The molecule has 2 heteroatoms. The molecule has 1 fully saturated rings. The summed E-state index contributed by atoms with van der Waals surface area (Å²) in [4.78, 5) is 2.79. The zero-order valence-electron chi connectivity index (χ0n) is 14.7. The lowest BCUT2D eigenvalue weighted by Crippen LogP contribution is -2.68. The molecule has 0 radical (unpaired) electrons. The molecule has 1 rings (SSSR count). The van der Waals surface area contributed by atoms with Crippen molar-refractivity contribution in [3.63, 3.8) is 0 Å². The molecule has 0 amide bonds. The van der Waals surface area contributed by atoms with Gasteiger partial charge in [-0.05, 0) is 39.7 Å². The first kappa shape index (κ1) is 18.0. The highest BCUT2D eigenvalue weighted by molar-refractivity contribution is 5.00. The maximum atomic E-state index is 3.76. The Kier molecular flexibility index (Phi) is 7.53. The SMILES string of the molecule is CCCCCCCCN1CC(C)(C)NCC1(CC)CC. The monoisotopic (exact) mass is 282 g/mol. The maximum absolute atomic E-state index is 3.76. The van der Waals surface area contributed by atoms with Crippen LogP contribution in [0.25, 0.3) is 0 Å². The first-order chi connectivity index (χ1) is 9.49. The molecule has 1 aliphatic heterocycles. The minimum absolute atomic E-state index is 0.274. The standard InChI is InChI=1S/C18H38N2/c1-6-9-10-11-12-13-14-20-16-17(4,5)19-15-18(20,7-2)8-3/h19H,6-16H2,1-5H3. The zero-order valence-corrected chi connectivity index (χ0v) is 14.7. The van der Waals surface area contributed by atoms with Gasteiger partial charge in [-0.15, -0.1) is 0 Å². The summed E-state index contributed by atoms with van der Waals surface area (Å²) in [6.07, 6.45) is 10.9. The van der Waals surface area contributed by atoms with E-state index >= 15 is 0 Å². The Morgan fingerprint density at radius 1 is 0.900 bits per heavy atom. The molecule has 1 saturated heterocycles. The quantitative estimate of drug-likeness (QED) is 0.622. The van der Waals surface area contributed by atoms with E-state index in [0.29, 0.717) is 5.54 Å². The average molecular weight is 283 g/mol. The molecule has 0 aromatic carbocycles. The number of unbranched alkanes of at least 4 members (excludes halogenated alkanes) is 5. The van der Waals surface area contributed by atoms with Crippen molar-refractivity contribution in [2.45, 2.75) is 97.1 Å². The first-order valence-electron chi connectivity index (χ1n) is 9.00. The first-order valence-corrected chi connectivity index (χ1v) is 9.00. The van der Waals surface area contributed by atoms with Gasteiger partial charge in [0.05, 0.1) is 0 Å². The van der Waals surface area contributed by atoms with Gasteiger partial charge in [-0.1, -0.05) is 52.9 Å². The van der Waals surface area contributed by atoms with Crippen LogP contribution in [-0.4, -0.2) is 35.6 Å². The molecule has 1 heterocycles. The third-order valence-corrected chi connectivity index (χ3v) is 5.25. The van der Waals surface area contributed by atoms with Crippen molar-refractivity contribution < 1.29 is 0 Å². The predicted octanol–water partition coefficient (Wildman–Crippen LogP) is 4.59. The van der Waals surface area contributed by atoms with Crippen molar-refractivity contribution in [1.82, 2.24) is 10.2 Å².